The first-order valence-electron chi connectivity index (χ1n) is 7.88. The summed E-state index contributed by atoms with van der Waals surface area (Å²) in [5, 5.41) is 23.6. The van der Waals surface area contributed by atoms with Crippen molar-refractivity contribution >= 4 is 29.1 Å². The van der Waals surface area contributed by atoms with Gasteiger partial charge in [0.05, 0.1) is 15.8 Å². The quantitative estimate of drug-likeness (QED) is 0.223. The molecule has 12 heteroatoms. The lowest BCUT2D eigenvalue weighted by Gasteiger charge is -2.10. The van der Waals surface area contributed by atoms with Gasteiger partial charge in [0.2, 0.25) is 0 Å². The Labute approximate surface area is 167 Å². The van der Waals surface area contributed by atoms with E-state index in [9.17, 15) is 14.5 Å². The van der Waals surface area contributed by atoms with Gasteiger partial charge < -0.3 is 4.74 Å². The molecular weight excluding hydrogens is 411 g/mol. The molecule has 1 aromatic carbocycles. The van der Waals surface area contributed by atoms with Crippen LogP contribution < -0.4 is 4.74 Å². The van der Waals surface area contributed by atoms with Gasteiger partial charge in [0, 0.05) is 6.54 Å². The van der Waals surface area contributed by atoms with Crippen LogP contribution in [0.1, 0.15) is 5.82 Å². The van der Waals surface area contributed by atoms with Crippen molar-refractivity contribution in [1.29, 1.82) is 0 Å². The molecule has 0 fully saturated rings. The zero-order valence-electron chi connectivity index (χ0n) is 14.4. The van der Waals surface area contributed by atoms with Gasteiger partial charge in [-0.1, -0.05) is 29.4 Å². The Hall–Kier alpha value is -2.92. The number of ether oxygens (including phenoxy) is 1. The van der Waals surface area contributed by atoms with E-state index in [4.69, 9.17) is 16.3 Å². The third-order valence-electron chi connectivity index (χ3n) is 3.51. The second-order valence-corrected chi connectivity index (χ2v) is 6.75. The average molecular weight is 425 g/mol. The third-order valence-corrected chi connectivity index (χ3v) is 4.76. The highest BCUT2D eigenvalue weighted by molar-refractivity contribution is 7.98. The Bertz CT molecular complexity index is 1010. The van der Waals surface area contributed by atoms with E-state index in [0.29, 0.717) is 29.2 Å². The van der Waals surface area contributed by atoms with Crippen molar-refractivity contribution in [1.82, 2.24) is 24.5 Å². The number of nitrogens with zero attached hydrogens (tertiary/aromatic N) is 6. The van der Waals surface area contributed by atoms with Crippen molar-refractivity contribution in [3.8, 4) is 5.75 Å². The summed E-state index contributed by atoms with van der Waals surface area (Å²) in [4.78, 5) is 10.2. The summed E-state index contributed by atoms with van der Waals surface area (Å²) >= 11 is 7.26. The molecule has 146 valence electrons. The zero-order valence-corrected chi connectivity index (χ0v) is 15.9. The van der Waals surface area contributed by atoms with Gasteiger partial charge >= 0.3 is 5.69 Å². The zero-order chi connectivity index (χ0) is 20.1. The van der Waals surface area contributed by atoms with Gasteiger partial charge in [0.15, 0.2) is 11.0 Å². The fourth-order valence-electron chi connectivity index (χ4n) is 2.22. The molecule has 9 nitrogen and oxygen atoms in total. The maximum absolute atomic E-state index is 13.1. The molecule has 0 aliphatic heterocycles. The molecule has 0 bridgehead atoms. The highest BCUT2D eigenvalue weighted by atomic mass is 35.5. The highest BCUT2D eigenvalue weighted by Crippen LogP contribution is 2.26. The van der Waals surface area contributed by atoms with Gasteiger partial charge in [-0.25, -0.2) is 4.39 Å². The Morgan fingerprint density at radius 2 is 2.25 bits per heavy atom. The molecule has 0 atom stereocenters. The molecule has 0 N–H and O–H groups in total. The SMILES string of the molecule is C=CCn1c(COc2ccc(F)cc2Cl)nnc1SCn1cc([N+](=O)[O-])cn1. The molecule has 0 radical (unpaired) electrons. The summed E-state index contributed by atoms with van der Waals surface area (Å²) in [7, 11) is 0. The van der Waals surface area contributed by atoms with Crippen molar-refractivity contribution < 1.29 is 14.1 Å². The highest BCUT2D eigenvalue weighted by Gasteiger charge is 2.15. The molecule has 3 rings (SSSR count). The molecule has 0 saturated carbocycles. The van der Waals surface area contributed by atoms with Crippen LogP contribution >= 0.6 is 23.4 Å². The minimum atomic E-state index is -0.510. The minimum Gasteiger partial charge on any atom is -0.484 e. The Morgan fingerprint density at radius 1 is 1.43 bits per heavy atom. The molecule has 0 amide bonds. The molecule has 28 heavy (non-hydrogen) atoms. The number of allylic oxidation sites excluding steroid dienone is 1. The lowest BCUT2D eigenvalue weighted by atomic mass is 10.3. The second-order valence-electron chi connectivity index (χ2n) is 5.43. The molecule has 0 saturated heterocycles. The molecular formula is C16H14ClFN6O3S. The standard InChI is InChI=1S/C16H14ClFN6O3S/c1-2-5-23-15(9-27-14-4-3-11(18)6-13(14)17)20-21-16(23)28-10-22-8-12(7-19-22)24(25)26/h2-4,6-8H,1,5,9-10H2. The predicted molar refractivity (Wildman–Crippen MR) is 101 cm³/mol. The molecule has 0 aliphatic carbocycles. The van der Waals surface area contributed by atoms with Crippen LogP contribution in [0.4, 0.5) is 10.1 Å². The van der Waals surface area contributed by atoms with Gasteiger partial charge in [-0.2, -0.15) is 5.10 Å². The fourth-order valence-corrected chi connectivity index (χ4v) is 3.27. The first kappa shape index (κ1) is 19.8. The van der Waals surface area contributed by atoms with Crippen LogP contribution in [0.3, 0.4) is 0 Å². The Morgan fingerprint density at radius 3 is 2.93 bits per heavy atom. The average Bonchev–Trinajstić information content (AvgIpc) is 3.27. The van der Waals surface area contributed by atoms with E-state index < -0.39 is 10.7 Å². The first-order chi connectivity index (χ1) is 13.5. The van der Waals surface area contributed by atoms with E-state index >= 15 is 0 Å². The lowest BCUT2D eigenvalue weighted by molar-refractivity contribution is -0.385. The largest absolute Gasteiger partial charge is 0.484 e. The van der Waals surface area contributed by atoms with E-state index in [0.717, 1.165) is 6.07 Å². The molecule has 3 aromatic rings. The van der Waals surface area contributed by atoms with Crippen LogP contribution in [0.25, 0.3) is 0 Å². The van der Waals surface area contributed by atoms with Crippen molar-refractivity contribution in [2.75, 3.05) is 0 Å². The Kier molecular flexibility index (Phi) is 6.26. The van der Waals surface area contributed by atoms with Crippen LogP contribution in [0, 0.1) is 15.9 Å². The summed E-state index contributed by atoms with van der Waals surface area (Å²) in [6, 6.07) is 3.85. The number of hydrogen-bond acceptors (Lipinski definition) is 7. The van der Waals surface area contributed by atoms with Crippen molar-refractivity contribution in [2.24, 2.45) is 0 Å². The number of aromatic nitrogens is 5. The fraction of sp³-hybridized carbons (Fsp3) is 0.188. The third kappa shape index (κ3) is 4.67. The number of nitro groups is 1. The molecule has 2 heterocycles. The van der Waals surface area contributed by atoms with Crippen molar-refractivity contribution in [3.63, 3.8) is 0 Å². The summed E-state index contributed by atoms with van der Waals surface area (Å²) in [5.74, 6) is 0.710. The van der Waals surface area contributed by atoms with Gasteiger partial charge in [-0.05, 0) is 18.2 Å². The van der Waals surface area contributed by atoms with Gasteiger partial charge in [-0.3, -0.25) is 19.4 Å². The molecule has 0 aliphatic rings. The smallest absolute Gasteiger partial charge is 0.307 e. The van der Waals surface area contributed by atoms with E-state index in [2.05, 4.69) is 21.9 Å². The van der Waals surface area contributed by atoms with Crippen LogP contribution in [0.5, 0.6) is 5.75 Å². The Balaban J connectivity index is 1.69. The van der Waals surface area contributed by atoms with Crippen molar-refractivity contribution in [3.05, 3.63) is 70.0 Å². The monoisotopic (exact) mass is 424 g/mol. The van der Waals surface area contributed by atoms with Gasteiger partial charge in [0.25, 0.3) is 0 Å². The normalized spacial score (nSPS) is 10.8. The summed E-state index contributed by atoms with van der Waals surface area (Å²) in [5.41, 5.74) is -0.0848. The van der Waals surface area contributed by atoms with Gasteiger partial charge in [-0.15, -0.1) is 16.8 Å². The van der Waals surface area contributed by atoms with Crippen LogP contribution in [-0.2, 0) is 19.0 Å². The number of benzene rings is 1. The number of thioether (sulfide) groups is 1. The number of hydrogen-bond donors (Lipinski definition) is 0. The first-order valence-corrected chi connectivity index (χ1v) is 9.24. The summed E-state index contributed by atoms with van der Waals surface area (Å²) < 4.78 is 22.0. The predicted octanol–water partition coefficient (Wildman–Crippen LogP) is 3.69. The lowest BCUT2D eigenvalue weighted by Crippen LogP contribution is -2.08. The van der Waals surface area contributed by atoms with Crippen molar-refractivity contribution in [2.45, 2.75) is 24.2 Å². The maximum Gasteiger partial charge on any atom is 0.307 e. The van der Waals surface area contributed by atoms with Crippen LogP contribution in [0.15, 0.2) is 48.4 Å². The second kappa shape index (κ2) is 8.85. The minimum absolute atomic E-state index is 0.0694. The van der Waals surface area contributed by atoms with Crippen LogP contribution in [-0.4, -0.2) is 29.5 Å². The maximum atomic E-state index is 13.1. The molecule has 0 spiro atoms. The number of halogens is 2. The van der Waals surface area contributed by atoms with Gasteiger partial charge in [0.1, 0.15) is 30.6 Å². The van der Waals surface area contributed by atoms with E-state index in [1.165, 1.54) is 41.0 Å². The van der Waals surface area contributed by atoms with E-state index in [-0.39, 0.29) is 17.3 Å². The topological polar surface area (TPSA) is 101 Å². The van der Waals surface area contributed by atoms with E-state index in [1.54, 1.807) is 10.6 Å². The van der Waals surface area contributed by atoms with E-state index in [1.807, 2.05) is 0 Å². The molecule has 0 unspecified atom stereocenters. The molecule has 2 aromatic heterocycles. The number of rotatable bonds is 9. The summed E-state index contributed by atoms with van der Waals surface area (Å²) in [6.45, 7) is 4.22. The summed E-state index contributed by atoms with van der Waals surface area (Å²) in [6.07, 6.45) is 4.20. The van der Waals surface area contributed by atoms with Crippen LogP contribution in [0.2, 0.25) is 5.02 Å².